The minimum absolute atomic E-state index is 0.299. The standard InChI is InChI=1S/C23H24N2O3/c1-27-18-10-8-17(9-11-18)22-16-20(19-6-2-3-7-21(19)24-22)23(26)28-15-14-25-12-4-5-13-25/h2-3,6-11,16H,4-5,12-15H2,1H3. The number of para-hydroxylation sites is 1. The molecule has 1 aliphatic rings. The number of fused-ring (bicyclic) bond motifs is 1. The summed E-state index contributed by atoms with van der Waals surface area (Å²) < 4.78 is 10.8. The molecule has 5 nitrogen and oxygen atoms in total. The first-order valence-corrected chi connectivity index (χ1v) is 9.68. The lowest BCUT2D eigenvalue weighted by Crippen LogP contribution is -2.25. The summed E-state index contributed by atoms with van der Waals surface area (Å²) in [6.45, 7) is 3.39. The predicted molar refractivity (Wildman–Crippen MR) is 110 cm³/mol. The van der Waals surface area contributed by atoms with Crippen LogP contribution in [0.3, 0.4) is 0 Å². The van der Waals surface area contributed by atoms with Crippen molar-refractivity contribution < 1.29 is 14.3 Å². The van der Waals surface area contributed by atoms with Gasteiger partial charge in [-0.25, -0.2) is 9.78 Å². The van der Waals surface area contributed by atoms with Crippen LogP contribution in [0.4, 0.5) is 0 Å². The van der Waals surface area contributed by atoms with Gasteiger partial charge < -0.3 is 9.47 Å². The second-order valence-corrected chi connectivity index (χ2v) is 6.99. The van der Waals surface area contributed by atoms with Crippen LogP contribution in [0.2, 0.25) is 0 Å². The monoisotopic (exact) mass is 376 g/mol. The zero-order valence-corrected chi connectivity index (χ0v) is 16.1. The molecule has 1 fully saturated rings. The average molecular weight is 376 g/mol. The van der Waals surface area contributed by atoms with Crippen LogP contribution in [0.5, 0.6) is 5.75 Å². The number of likely N-dealkylation sites (tertiary alicyclic amines) is 1. The van der Waals surface area contributed by atoms with Crippen LogP contribution < -0.4 is 4.74 Å². The van der Waals surface area contributed by atoms with Gasteiger partial charge in [0, 0.05) is 17.5 Å². The zero-order valence-electron chi connectivity index (χ0n) is 16.1. The highest BCUT2D eigenvalue weighted by molar-refractivity contribution is 6.04. The van der Waals surface area contributed by atoms with Crippen molar-refractivity contribution in [2.45, 2.75) is 12.8 Å². The Balaban J connectivity index is 1.60. The maximum atomic E-state index is 12.8. The molecular weight excluding hydrogens is 352 g/mol. The Morgan fingerprint density at radius 3 is 2.57 bits per heavy atom. The molecule has 4 rings (SSSR count). The highest BCUT2D eigenvalue weighted by Gasteiger charge is 2.17. The molecule has 0 spiro atoms. The lowest BCUT2D eigenvalue weighted by molar-refractivity contribution is 0.0474. The molecule has 1 aromatic heterocycles. The van der Waals surface area contributed by atoms with E-state index in [1.807, 2.05) is 54.6 Å². The van der Waals surface area contributed by atoms with Crippen molar-refractivity contribution >= 4 is 16.9 Å². The van der Waals surface area contributed by atoms with E-state index in [2.05, 4.69) is 4.90 Å². The Morgan fingerprint density at radius 2 is 1.82 bits per heavy atom. The predicted octanol–water partition coefficient (Wildman–Crippen LogP) is 4.16. The number of aromatic nitrogens is 1. The third-order valence-electron chi connectivity index (χ3n) is 5.16. The molecule has 1 aliphatic heterocycles. The minimum atomic E-state index is -0.299. The molecule has 28 heavy (non-hydrogen) atoms. The molecule has 5 heteroatoms. The quantitative estimate of drug-likeness (QED) is 0.605. The van der Waals surface area contributed by atoms with Crippen molar-refractivity contribution in [1.29, 1.82) is 0 Å². The Hall–Kier alpha value is -2.92. The Morgan fingerprint density at radius 1 is 1.07 bits per heavy atom. The van der Waals surface area contributed by atoms with Crippen LogP contribution in [0.1, 0.15) is 23.2 Å². The lowest BCUT2D eigenvalue weighted by Gasteiger charge is -2.15. The van der Waals surface area contributed by atoms with Crippen molar-refractivity contribution in [2.24, 2.45) is 0 Å². The fourth-order valence-corrected chi connectivity index (χ4v) is 3.61. The van der Waals surface area contributed by atoms with E-state index >= 15 is 0 Å². The molecule has 3 aromatic rings. The van der Waals surface area contributed by atoms with Crippen LogP contribution in [-0.2, 0) is 4.74 Å². The number of hydrogen-bond donors (Lipinski definition) is 0. The van der Waals surface area contributed by atoms with Gasteiger partial charge in [-0.2, -0.15) is 0 Å². The van der Waals surface area contributed by atoms with E-state index in [1.165, 1.54) is 12.8 Å². The normalized spacial score (nSPS) is 14.3. The van der Waals surface area contributed by atoms with E-state index in [-0.39, 0.29) is 5.97 Å². The van der Waals surface area contributed by atoms with Crippen LogP contribution in [0.15, 0.2) is 54.6 Å². The van der Waals surface area contributed by atoms with E-state index in [1.54, 1.807) is 7.11 Å². The molecule has 0 N–H and O–H groups in total. The van der Waals surface area contributed by atoms with Crippen molar-refractivity contribution in [3.63, 3.8) is 0 Å². The third kappa shape index (κ3) is 3.99. The first-order valence-electron chi connectivity index (χ1n) is 9.68. The third-order valence-corrected chi connectivity index (χ3v) is 5.16. The van der Waals surface area contributed by atoms with E-state index in [4.69, 9.17) is 14.5 Å². The SMILES string of the molecule is COc1ccc(-c2cc(C(=O)OCCN3CCCC3)c3ccccc3n2)cc1. The van der Waals surface area contributed by atoms with Gasteiger partial charge in [0.25, 0.3) is 0 Å². The molecule has 0 radical (unpaired) electrons. The Kier molecular flexibility index (Phi) is 5.53. The fourth-order valence-electron chi connectivity index (χ4n) is 3.61. The van der Waals surface area contributed by atoms with Crippen molar-refractivity contribution in [1.82, 2.24) is 9.88 Å². The number of carbonyl (C=O) groups is 1. The maximum Gasteiger partial charge on any atom is 0.338 e. The van der Waals surface area contributed by atoms with E-state index in [9.17, 15) is 4.79 Å². The first-order chi connectivity index (χ1) is 13.7. The summed E-state index contributed by atoms with van der Waals surface area (Å²) in [5, 5.41) is 0.811. The summed E-state index contributed by atoms with van der Waals surface area (Å²) in [7, 11) is 1.64. The van der Waals surface area contributed by atoms with Gasteiger partial charge in [-0.3, -0.25) is 4.90 Å². The zero-order chi connectivity index (χ0) is 19.3. The van der Waals surface area contributed by atoms with Gasteiger partial charge in [0.15, 0.2) is 0 Å². The van der Waals surface area contributed by atoms with Crippen molar-refractivity contribution in [2.75, 3.05) is 33.4 Å². The molecule has 1 saturated heterocycles. The molecule has 0 amide bonds. The summed E-state index contributed by atoms with van der Waals surface area (Å²) >= 11 is 0. The average Bonchev–Trinajstić information content (AvgIpc) is 3.26. The summed E-state index contributed by atoms with van der Waals surface area (Å²) in [5.41, 5.74) is 3.01. The van der Waals surface area contributed by atoms with E-state index in [0.717, 1.165) is 47.5 Å². The molecule has 0 atom stereocenters. The van der Waals surface area contributed by atoms with E-state index in [0.29, 0.717) is 12.2 Å². The highest BCUT2D eigenvalue weighted by Crippen LogP contribution is 2.26. The number of nitrogens with zero attached hydrogens (tertiary/aromatic N) is 2. The van der Waals surface area contributed by atoms with Gasteiger partial charge in [-0.15, -0.1) is 0 Å². The molecule has 0 saturated carbocycles. The smallest absolute Gasteiger partial charge is 0.338 e. The number of benzene rings is 2. The van der Waals surface area contributed by atoms with Gasteiger partial charge in [0.2, 0.25) is 0 Å². The van der Waals surface area contributed by atoms with Gasteiger partial charge >= 0.3 is 5.97 Å². The molecule has 0 unspecified atom stereocenters. The maximum absolute atomic E-state index is 12.8. The topological polar surface area (TPSA) is 51.7 Å². The van der Waals surface area contributed by atoms with Gasteiger partial charge in [0.05, 0.1) is 23.9 Å². The van der Waals surface area contributed by atoms with Crippen molar-refractivity contribution in [3.05, 3.63) is 60.2 Å². The van der Waals surface area contributed by atoms with Crippen LogP contribution in [-0.4, -0.2) is 49.2 Å². The Bertz CT molecular complexity index is 963. The molecule has 144 valence electrons. The number of pyridine rings is 1. The molecule has 2 aromatic carbocycles. The van der Waals surface area contributed by atoms with Gasteiger partial charge in [-0.05, 0) is 62.3 Å². The number of methoxy groups -OCH3 is 1. The second-order valence-electron chi connectivity index (χ2n) is 6.99. The number of ether oxygens (including phenoxy) is 2. The number of hydrogen-bond acceptors (Lipinski definition) is 5. The second kappa shape index (κ2) is 8.40. The summed E-state index contributed by atoms with van der Waals surface area (Å²) in [6, 6.07) is 17.2. The summed E-state index contributed by atoms with van der Waals surface area (Å²) in [6.07, 6.45) is 2.46. The first kappa shape index (κ1) is 18.4. The molecule has 2 heterocycles. The van der Waals surface area contributed by atoms with E-state index < -0.39 is 0 Å². The number of rotatable bonds is 6. The van der Waals surface area contributed by atoms with Gasteiger partial charge in [0.1, 0.15) is 12.4 Å². The number of esters is 1. The molecule has 0 bridgehead atoms. The lowest BCUT2D eigenvalue weighted by atomic mass is 10.0. The van der Waals surface area contributed by atoms with Crippen LogP contribution in [0.25, 0.3) is 22.2 Å². The summed E-state index contributed by atoms with van der Waals surface area (Å²) in [4.78, 5) is 19.9. The number of carbonyl (C=O) groups excluding carboxylic acids is 1. The van der Waals surface area contributed by atoms with Gasteiger partial charge in [-0.1, -0.05) is 18.2 Å². The van der Waals surface area contributed by atoms with Crippen molar-refractivity contribution in [3.8, 4) is 17.0 Å². The van der Waals surface area contributed by atoms with Crippen LogP contribution in [0, 0.1) is 0 Å². The molecular formula is C23H24N2O3. The van der Waals surface area contributed by atoms with Crippen LogP contribution >= 0.6 is 0 Å². The Labute approximate surface area is 164 Å². The largest absolute Gasteiger partial charge is 0.497 e. The highest BCUT2D eigenvalue weighted by atomic mass is 16.5. The summed E-state index contributed by atoms with van der Waals surface area (Å²) in [5.74, 6) is 0.485. The fraction of sp³-hybridized carbons (Fsp3) is 0.304. The minimum Gasteiger partial charge on any atom is -0.497 e. The molecule has 0 aliphatic carbocycles.